The SMILES string of the molecule is Cc1nc2c(cnn2C(C)C)cc1C(=O)NC1CCCC(C)C1. The number of aromatic nitrogens is 3. The van der Waals surface area contributed by atoms with Gasteiger partial charge in [-0.15, -0.1) is 0 Å². The molecule has 1 aliphatic rings. The molecule has 2 unspecified atom stereocenters. The molecule has 5 nitrogen and oxygen atoms in total. The molecule has 0 spiro atoms. The van der Waals surface area contributed by atoms with Gasteiger partial charge in [-0.2, -0.15) is 5.10 Å². The summed E-state index contributed by atoms with van der Waals surface area (Å²) in [4.78, 5) is 17.3. The number of nitrogens with one attached hydrogen (secondary N) is 1. The van der Waals surface area contributed by atoms with Gasteiger partial charge in [0.05, 0.1) is 17.5 Å². The molecule has 5 heteroatoms. The average molecular weight is 314 g/mol. The molecule has 124 valence electrons. The minimum Gasteiger partial charge on any atom is -0.349 e. The number of pyridine rings is 1. The zero-order valence-electron chi connectivity index (χ0n) is 14.5. The number of nitrogens with zero attached hydrogens (tertiary/aromatic N) is 3. The van der Waals surface area contributed by atoms with E-state index in [-0.39, 0.29) is 11.9 Å². The molecular weight excluding hydrogens is 288 g/mol. The van der Waals surface area contributed by atoms with Crippen LogP contribution in [0.5, 0.6) is 0 Å². The number of aryl methyl sites for hydroxylation is 1. The summed E-state index contributed by atoms with van der Waals surface area (Å²) in [6, 6.07) is 2.47. The number of carbonyl (C=O) groups excluding carboxylic acids is 1. The van der Waals surface area contributed by atoms with Crippen molar-refractivity contribution in [2.24, 2.45) is 5.92 Å². The third kappa shape index (κ3) is 3.23. The number of fused-ring (bicyclic) bond motifs is 1. The Kier molecular flexibility index (Phi) is 4.37. The molecule has 1 amide bonds. The normalized spacial score (nSPS) is 21.8. The highest BCUT2D eigenvalue weighted by molar-refractivity contribution is 5.98. The fourth-order valence-electron chi connectivity index (χ4n) is 3.50. The van der Waals surface area contributed by atoms with Crippen LogP contribution < -0.4 is 5.32 Å². The molecule has 2 aromatic heterocycles. The molecule has 2 aromatic rings. The van der Waals surface area contributed by atoms with Gasteiger partial charge >= 0.3 is 0 Å². The van der Waals surface area contributed by atoms with Gasteiger partial charge < -0.3 is 5.32 Å². The smallest absolute Gasteiger partial charge is 0.253 e. The first kappa shape index (κ1) is 16.0. The van der Waals surface area contributed by atoms with Crippen molar-refractivity contribution >= 4 is 16.9 Å². The first-order valence-corrected chi connectivity index (χ1v) is 8.61. The maximum absolute atomic E-state index is 12.6. The van der Waals surface area contributed by atoms with Crippen LogP contribution in [0.15, 0.2) is 12.3 Å². The molecule has 0 aromatic carbocycles. The lowest BCUT2D eigenvalue weighted by Crippen LogP contribution is -2.38. The predicted molar refractivity (Wildman–Crippen MR) is 91.5 cm³/mol. The van der Waals surface area contributed by atoms with Crippen LogP contribution in [-0.2, 0) is 0 Å². The lowest BCUT2D eigenvalue weighted by atomic mass is 9.87. The van der Waals surface area contributed by atoms with Crippen LogP contribution in [0, 0.1) is 12.8 Å². The number of amides is 1. The lowest BCUT2D eigenvalue weighted by molar-refractivity contribution is 0.0920. The molecule has 1 fully saturated rings. The van der Waals surface area contributed by atoms with Crippen LogP contribution in [0.25, 0.3) is 11.0 Å². The summed E-state index contributed by atoms with van der Waals surface area (Å²) in [7, 11) is 0. The molecule has 0 aliphatic heterocycles. The van der Waals surface area contributed by atoms with Crippen LogP contribution in [0.2, 0.25) is 0 Å². The number of carbonyl (C=O) groups is 1. The van der Waals surface area contributed by atoms with E-state index in [1.165, 1.54) is 12.8 Å². The van der Waals surface area contributed by atoms with E-state index in [4.69, 9.17) is 0 Å². The zero-order valence-corrected chi connectivity index (χ0v) is 14.5. The maximum atomic E-state index is 12.6. The van der Waals surface area contributed by atoms with Gasteiger partial charge in [0.1, 0.15) is 0 Å². The molecule has 0 radical (unpaired) electrons. The maximum Gasteiger partial charge on any atom is 0.253 e. The first-order chi connectivity index (χ1) is 11.0. The van der Waals surface area contributed by atoms with Gasteiger partial charge in [-0.25, -0.2) is 9.67 Å². The minimum absolute atomic E-state index is 0.00621. The molecule has 2 atom stereocenters. The Morgan fingerprint density at radius 2 is 2.17 bits per heavy atom. The molecule has 0 bridgehead atoms. The van der Waals surface area contributed by atoms with Gasteiger partial charge in [0.2, 0.25) is 0 Å². The number of rotatable bonds is 3. The standard InChI is InChI=1S/C18H26N4O/c1-11(2)22-17-14(10-19-22)9-16(13(4)20-17)18(23)21-15-7-5-6-12(3)8-15/h9-12,15H,5-8H2,1-4H3,(H,21,23). The van der Waals surface area contributed by atoms with E-state index in [9.17, 15) is 4.79 Å². The highest BCUT2D eigenvalue weighted by atomic mass is 16.1. The molecule has 3 rings (SSSR count). The van der Waals surface area contributed by atoms with Crippen molar-refractivity contribution in [3.63, 3.8) is 0 Å². The molecule has 23 heavy (non-hydrogen) atoms. The molecule has 0 saturated heterocycles. The van der Waals surface area contributed by atoms with E-state index in [2.05, 4.69) is 36.2 Å². The van der Waals surface area contributed by atoms with Crippen LogP contribution in [-0.4, -0.2) is 26.7 Å². The van der Waals surface area contributed by atoms with E-state index >= 15 is 0 Å². The summed E-state index contributed by atoms with van der Waals surface area (Å²) in [5.41, 5.74) is 2.28. The Morgan fingerprint density at radius 1 is 1.39 bits per heavy atom. The highest BCUT2D eigenvalue weighted by Gasteiger charge is 2.22. The second kappa shape index (κ2) is 6.30. The van der Waals surface area contributed by atoms with Crippen LogP contribution in [0.1, 0.15) is 68.5 Å². The van der Waals surface area contributed by atoms with Crippen molar-refractivity contribution in [2.75, 3.05) is 0 Å². The predicted octanol–water partition coefficient (Wildman–Crippen LogP) is 3.63. The Morgan fingerprint density at radius 3 is 2.87 bits per heavy atom. The van der Waals surface area contributed by atoms with Gasteiger partial charge in [0.15, 0.2) is 5.65 Å². The molecular formula is C18H26N4O. The third-order valence-electron chi connectivity index (χ3n) is 4.77. The van der Waals surface area contributed by atoms with E-state index in [0.29, 0.717) is 17.5 Å². The average Bonchev–Trinajstić information content (AvgIpc) is 2.89. The summed E-state index contributed by atoms with van der Waals surface area (Å²) < 4.78 is 1.90. The minimum atomic E-state index is -0.00621. The largest absolute Gasteiger partial charge is 0.349 e. The Bertz CT molecular complexity index is 719. The van der Waals surface area contributed by atoms with Crippen molar-refractivity contribution in [3.8, 4) is 0 Å². The zero-order chi connectivity index (χ0) is 16.6. The second-order valence-electron chi connectivity index (χ2n) is 7.16. The van der Waals surface area contributed by atoms with E-state index in [1.54, 1.807) is 6.20 Å². The summed E-state index contributed by atoms with van der Waals surface area (Å²) in [6.07, 6.45) is 6.42. The van der Waals surface area contributed by atoms with E-state index in [1.807, 2.05) is 17.7 Å². The van der Waals surface area contributed by atoms with Gasteiger partial charge in [-0.1, -0.05) is 19.8 Å². The van der Waals surface area contributed by atoms with Crippen molar-refractivity contribution in [1.82, 2.24) is 20.1 Å². The van der Waals surface area contributed by atoms with Crippen molar-refractivity contribution < 1.29 is 4.79 Å². The summed E-state index contributed by atoms with van der Waals surface area (Å²) in [5, 5.41) is 8.50. The van der Waals surface area contributed by atoms with Crippen LogP contribution >= 0.6 is 0 Å². The quantitative estimate of drug-likeness (QED) is 0.941. The molecule has 1 N–H and O–H groups in total. The molecule has 1 aliphatic carbocycles. The van der Waals surface area contributed by atoms with Crippen molar-refractivity contribution in [1.29, 1.82) is 0 Å². The van der Waals surface area contributed by atoms with Crippen molar-refractivity contribution in [3.05, 3.63) is 23.5 Å². The van der Waals surface area contributed by atoms with Crippen molar-refractivity contribution in [2.45, 2.75) is 65.5 Å². The van der Waals surface area contributed by atoms with E-state index in [0.717, 1.165) is 29.6 Å². The lowest BCUT2D eigenvalue weighted by Gasteiger charge is -2.27. The molecule has 1 saturated carbocycles. The fourth-order valence-corrected chi connectivity index (χ4v) is 3.50. The van der Waals surface area contributed by atoms with Gasteiger partial charge in [-0.05, 0) is 45.6 Å². The summed E-state index contributed by atoms with van der Waals surface area (Å²) in [6.45, 7) is 8.32. The van der Waals surface area contributed by atoms with Gasteiger partial charge in [0.25, 0.3) is 5.91 Å². The monoisotopic (exact) mass is 314 g/mol. The summed E-state index contributed by atoms with van der Waals surface area (Å²) >= 11 is 0. The number of hydrogen-bond donors (Lipinski definition) is 1. The number of hydrogen-bond acceptors (Lipinski definition) is 3. The van der Waals surface area contributed by atoms with Gasteiger partial charge in [0, 0.05) is 17.5 Å². The fraction of sp³-hybridized carbons (Fsp3) is 0.611. The Balaban J connectivity index is 1.84. The Hall–Kier alpha value is -1.91. The van der Waals surface area contributed by atoms with Gasteiger partial charge in [-0.3, -0.25) is 4.79 Å². The topological polar surface area (TPSA) is 59.8 Å². The second-order valence-corrected chi connectivity index (χ2v) is 7.16. The van der Waals surface area contributed by atoms with E-state index < -0.39 is 0 Å². The van der Waals surface area contributed by atoms with Crippen LogP contribution in [0.4, 0.5) is 0 Å². The highest BCUT2D eigenvalue weighted by Crippen LogP contribution is 2.24. The van der Waals surface area contributed by atoms with Crippen LogP contribution in [0.3, 0.4) is 0 Å². The first-order valence-electron chi connectivity index (χ1n) is 8.61. The summed E-state index contributed by atoms with van der Waals surface area (Å²) in [5.74, 6) is 0.688. The Labute approximate surface area is 137 Å². The third-order valence-corrected chi connectivity index (χ3v) is 4.77. The molecule has 2 heterocycles.